The van der Waals surface area contributed by atoms with Crippen LogP contribution in [-0.2, 0) is 0 Å². The number of hydrogen-bond donors (Lipinski definition) is 1. The number of nitrogens with one attached hydrogen (secondary N) is 1. The van der Waals surface area contributed by atoms with Gasteiger partial charge in [-0.1, -0.05) is 0 Å². The monoisotopic (exact) mass is 324 g/mol. The number of piperidine rings is 1. The molecule has 4 rings (SSSR count). The van der Waals surface area contributed by atoms with Crippen molar-refractivity contribution in [1.82, 2.24) is 29.9 Å². The molecule has 4 heterocycles. The average molecular weight is 324 g/mol. The molecule has 7 heteroatoms. The van der Waals surface area contributed by atoms with E-state index in [2.05, 4.69) is 20.3 Å². The van der Waals surface area contributed by atoms with Crippen molar-refractivity contribution in [2.24, 2.45) is 0 Å². The standard InChI is InChI=1S/C17H20N6O/c1-11-9-14(15-12(2)20-21-16(15)19-11)17(24)22-7-3-5-13(10-22)23-8-4-6-18-23/h4,6,8-9,13H,3,5,7,10H2,1-2H3,(H,19,20,21). The minimum Gasteiger partial charge on any atom is -0.336 e. The number of likely N-dealkylation sites (tertiary alicyclic amines) is 1. The third-order valence-corrected chi connectivity index (χ3v) is 4.65. The van der Waals surface area contributed by atoms with Crippen LogP contribution in [0.15, 0.2) is 24.5 Å². The first-order chi connectivity index (χ1) is 11.6. The zero-order chi connectivity index (χ0) is 16.7. The summed E-state index contributed by atoms with van der Waals surface area (Å²) in [6.45, 7) is 5.27. The smallest absolute Gasteiger partial charge is 0.254 e. The lowest BCUT2D eigenvalue weighted by Crippen LogP contribution is -2.41. The van der Waals surface area contributed by atoms with Gasteiger partial charge >= 0.3 is 0 Å². The van der Waals surface area contributed by atoms with Crippen molar-refractivity contribution in [2.45, 2.75) is 32.7 Å². The van der Waals surface area contributed by atoms with E-state index in [0.717, 1.165) is 36.2 Å². The number of hydrogen-bond acceptors (Lipinski definition) is 4. The molecule has 124 valence electrons. The van der Waals surface area contributed by atoms with E-state index in [1.54, 1.807) is 6.20 Å². The highest BCUT2D eigenvalue weighted by Crippen LogP contribution is 2.26. The number of pyridine rings is 1. The van der Waals surface area contributed by atoms with Gasteiger partial charge in [-0.15, -0.1) is 0 Å². The number of fused-ring (bicyclic) bond motifs is 1. The number of amides is 1. The maximum absolute atomic E-state index is 13.2. The van der Waals surface area contributed by atoms with Crippen molar-refractivity contribution in [3.05, 3.63) is 41.5 Å². The summed E-state index contributed by atoms with van der Waals surface area (Å²) in [5, 5.41) is 12.3. The lowest BCUT2D eigenvalue weighted by molar-refractivity contribution is 0.0674. The minimum absolute atomic E-state index is 0.0480. The third-order valence-electron chi connectivity index (χ3n) is 4.65. The number of nitrogens with zero attached hydrogens (tertiary/aromatic N) is 5. The van der Waals surface area contributed by atoms with Crippen LogP contribution >= 0.6 is 0 Å². The fourth-order valence-electron chi connectivity index (χ4n) is 3.49. The molecule has 1 N–H and O–H groups in total. The summed E-state index contributed by atoms with van der Waals surface area (Å²) < 4.78 is 1.95. The van der Waals surface area contributed by atoms with Crippen LogP contribution in [0, 0.1) is 13.8 Å². The molecule has 1 unspecified atom stereocenters. The molecule has 0 bridgehead atoms. The summed E-state index contributed by atoms with van der Waals surface area (Å²) in [7, 11) is 0. The van der Waals surface area contributed by atoms with Crippen LogP contribution in [0.1, 0.15) is 40.6 Å². The molecule has 0 aromatic carbocycles. The lowest BCUT2D eigenvalue weighted by atomic mass is 10.0. The highest BCUT2D eigenvalue weighted by atomic mass is 16.2. The molecule has 1 saturated heterocycles. The summed E-state index contributed by atoms with van der Waals surface area (Å²) in [4.78, 5) is 19.5. The Morgan fingerprint density at radius 2 is 2.25 bits per heavy atom. The topological polar surface area (TPSA) is 79.7 Å². The number of carbonyl (C=O) groups is 1. The number of aryl methyl sites for hydroxylation is 2. The van der Waals surface area contributed by atoms with E-state index in [0.29, 0.717) is 17.8 Å². The molecule has 0 radical (unpaired) electrons. The molecule has 0 spiro atoms. The van der Waals surface area contributed by atoms with Crippen molar-refractivity contribution in [3.63, 3.8) is 0 Å². The first-order valence-corrected chi connectivity index (χ1v) is 8.24. The van der Waals surface area contributed by atoms with E-state index in [1.807, 2.05) is 41.8 Å². The zero-order valence-electron chi connectivity index (χ0n) is 13.9. The molecule has 1 aliphatic heterocycles. The van der Waals surface area contributed by atoms with Gasteiger partial charge in [0.2, 0.25) is 0 Å². The van der Waals surface area contributed by atoms with Gasteiger partial charge in [0.25, 0.3) is 5.91 Å². The third kappa shape index (κ3) is 2.46. The van der Waals surface area contributed by atoms with E-state index in [-0.39, 0.29) is 11.9 Å². The molecular weight excluding hydrogens is 304 g/mol. The Hall–Kier alpha value is -2.70. The van der Waals surface area contributed by atoms with Crippen LogP contribution in [0.3, 0.4) is 0 Å². The number of carbonyl (C=O) groups excluding carboxylic acids is 1. The van der Waals surface area contributed by atoms with Crippen LogP contribution in [0.4, 0.5) is 0 Å². The first-order valence-electron chi connectivity index (χ1n) is 8.24. The quantitative estimate of drug-likeness (QED) is 0.784. The first kappa shape index (κ1) is 14.9. The van der Waals surface area contributed by atoms with Gasteiger partial charge < -0.3 is 4.90 Å². The van der Waals surface area contributed by atoms with E-state index in [1.165, 1.54) is 0 Å². The fraction of sp³-hybridized carbons (Fsp3) is 0.412. The summed E-state index contributed by atoms with van der Waals surface area (Å²) in [6.07, 6.45) is 5.77. The molecule has 1 atom stereocenters. The average Bonchev–Trinajstić information content (AvgIpc) is 3.24. The SMILES string of the molecule is Cc1cc(C(=O)N2CCCC(n3cccn3)C2)c2c(C)[nH]nc2n1. The minimum atomic E-state index is 0.0480. The van der Waals surface area contributed by atoms with Gasteiger partial charge in [0, 0.05) is 36.9 Å². The Balaban J connectivity index is 1.67. The molecule has 3 aromatic heterocycles. The highest BCUT2D eigenvalue weighted by molar-refractivity contribution is 6.06. The summed E-state index contributed by atoms with van der Waals surface area (Å²) in [5.74, 6) is 0.0480. The predicted octanol–water partition coefficient (Wildman–Crippen LogP) is 2.25. The molecule has 1 fully saturated rings. The molecule has 24 heavy (non-hydrogen) atoms. The number of aromatic nitrogens is 5. The molecule has 7 nitrogen and oxygen atoms in total. The predicted molar refractivity (Wildman–Crippen MR) is 89.8 cm³/mol. The van der Waals surface area contributed by atoms with E-state index >= 15 is 0 Å². The Bertz CT molecular complexity index is 882. The Labute approximate surface area is 139 Å². The Morgan fingerprint density at radius 3 is 3.04 bits per heavy atom. The molecule has 3 aromatic rings. The van der Waals surface area contributed by atoms with Gasteiger partial charge in [-0.25, -0.2) is 4.98 Å². The van der Waals surface area contributed by atoms with Gasteiger partial charge in [0.15, 0.2) is 5.65 Å². The second kappa shape index (κ2) is 5.74. The van der Waals surface area contributed by atoms with E-state index < -0.39 is 0 Å². The van der Waals surface area contributed by atoms with Crippen molar-refractivity contribution in [1.29, 1.82) is 0 Å². The van der Waals surface area contributed by atoms with Crippen molar-refractivity contribution in [2.75, 3.05) is 13.1 Å². The van der Waals surface area contributed by atoms with E-state index in [9.17, 15) is 4.79 Å². The van der Waals surface area contributed by atoms with Crippen LogP contribution < -0.4 is 0 Å². The fourth-order valence-corrected chi connectivity index (χ4v) is 3.49. The second-order valence-electron chi connectivity index (χ2n) is 6.39. The Morgan fingerprint density at radius 1 is 1.38 bits per heavy atom. The number of rotatable bonds is 2. The molecule has 1 aliphatic rings. The van der Waals surface area contributed by atoms with Gasteiger partial charge in [-0.05, 0) is 38.8 Å². The maximum Gasteiger partial charge on any atom is 0.254 e. The van der Waals surface area contributed by atoms with Crippen molar-refractivity contribution >= 4 is 16.9 Å². The molecule has 0 aliphatic carbocycles. The Kier molecular flexibility index (Phi) is 3.55. The summed E-state index contributed by atoms with van der Waals surface area (Å²) in [6, 6.07) is 4.03. The van der Waals surface area contributed by atoms with Gasteiger partial charge in [0.05, 0.1) is 17.0 Å². The number of aromatic amines is 1. The zero-order valence-corrected chi connectivity index (χ0v) is 13.9. The van der Waals surface area contributed by atoms with Crippen LogP contribution in [-0.4, -0.2) is 48.9 Å². The summed E-state index contributed by atoms with van der Waals surface area (Å²) >= 11 is 0. The lowest BCUT2D eigenvalue weighted by Gasteiger charge is -2.33. The van der Waals surface area contributed by atoms with Crippen LogP contribution in [0.5, 0.6) is 0 Å². The van der Waals surface area contributed by atoms with Crippen molar-refractivity contribution < 1.29 is 4.79 Å². The van der Waals surface area contributed by atoms with Crippen LogP contribution in [0.2, 0.25) is 0 Å². The highest BCUT2D eigenvalue weighted by Gasteiger charge is 2.27. The molecule has 1 amide bonds. The van der Waals surface area contributed by atoms with Crippen LogP contribution in [0.25, 0.3) is 11.0 Å². The van der Waals surface area contributed by atoms with Crippen molar-refractivity contribution in [3.8, 4) is 0 Å². The van der Waals surface area contributed by atoms with Gasteiger partial charge in [-0.2, -0.15) is 10.2 Å². The maximum atomic E-state index is 13.2. The summed E-state index contributed by atoms with van der Waals surface area (Å²) in [5.41, 5.74) is 2.97. The van der Waals surface area contributed by atoms with Gasteiger partial charge in [0.1, 0.15) is 0 Å². The van der Waals surface area contributed by atoms with E-state index in [4.69, 9.17) is 0 Å². The normalized spacial score (nSPS) is 18.2. The molecule has 0 saturated carbocycles. The largest absolute Gasteiger partial charge is 0.336 e. The second-order valence-corrected chi connectivity index (χ2v) is 6.39. The number of H-pyrrole nitrogens is 1. The molecular formula is C17H20N6O. The van der Waals surface area contributed by atoms with Gasteiger partial charge in [-0.3, -0.25) is 14.6 Å².